The first-order chi connectivity index (χ1) is 9.97. The summed E-state index contributed by atoms with van der Waals surface area (Å²) in [5.41, 5.74) is 1.51. The Labute approximate surface area is 127 Å². The molecule has 4 nitrogen and oxygen atoms in total. The number of hydrogen-bond acceptors (Lipinski definition) is 3. The van der Waals surface area contributed by atoms with Crippen LogP contribution in [0.25, 0.3) is 0 Å². The summed E-state index contributed by atoms with van der Waals surface area (Å²) in [6, 6.07) is 11.3. The third-order valence-corrected chi connectivity index (χ3v) is 3.54. The number of aryl methyl sites for hydroxylation is 1. The number of phenols is 1. The third kappa shape index (κ3) is 3.97. The molecule has 2 aromatic carbocycles. The van der Waals surface area contributed by atoms with Gasteiger partial charge in [0.05, 0.1) is 16.7 Å². The summed E-state index contributed by atoms with van der Waals surface area (Å²) in [6.45, 7) is 0. The van der Waals surface area contributed by atoms with E-state index in [0.29, 0.717) is 18.4 Å². The molecule has 0 aliphatic rings. The van der Waals surface area contributed by atoms with E-state index in [-0.39, 0.29) is 16.3 Å². The molecule has 0 heterocycles. The molecule has 1 atom stereocenters. The SMILES string of the molecule is O=C(O)c1ccc([C@H](O)CCc2cccc(O)c2)cc1Cl. The Bertz CT molecular complexity index is 654. The number of carbonyl (C=O) groups is 1. The van der Waals surface area contributed by atoms with E-state index in [1.54, 1.807) is 24.3 Å². The van der Waals surface area contributed by atoms with Crippen LogP contribution in [0.4, 0.5) is 0 Å². The maximum absolute atomic E-state index is 10.9. The number of carboxylic acids is 1. The first-order valence-corrected chi connectivity index (χ1v) is 6.84. The Balaban J connectivity index is 2.05. The fourth-order valence-electron chi connectivity index (χ4n) is 2.09. The molecule has 5 heteroatoms. The molecule has 0 aliphatic heterocycles. The summed E-state index contributed by atoms with van der Waals surface area (Å²) >= 11 is 5.88. The number of benzene rings is 2. The summed E-state index contributed by atoms with van der Waals surface area (Å²) in [4.78, 5) is 10.9. The van der Waals surface area contributed by atoms with E-state index < -0.39 is 12.1 Å². The van der Waals surface area contributed by atoms with Crippen LogP contribution in [0.2, 0.25) is 5.02 Å². The average Bonchev–Trinajstić information content (AvgIpc) is 2.44. The third-order valence-electron chi connectivity index (χ3n) is 3.23. The van der Waals surface area contributed by atoms with Crippen molar-refractivity contribution in [1.82, 2.24) is 0 Å². The van der Waals surface area contributed by atoms with Crippen molar-refractivity contribution in [2.75, 3.05) is 0 Å². The lowest BCUT2D eigenvalue weighted by Crippen LogP contribution is -2.02. The highest BCUT2D eigenvalue weighted by Gasteiger charge is 2.13. The van der Waals surface area contributed by atoms with Crippen LogP contribution in [0.5, 0.6) is 5.75 Å². The Morgan fingerprint density at radius 2 is 1.95 bits per heavy atom. The van der Waals surface area contributed by atoms with Crippen LogP contribution in [0, 0.1) is 0 Å². The fraction of sp³-hybridized carbons (Fsp3) is 0.188. The van der Waals surface area contributed by atoms with Crippen LogP contribution in [-0.4, -0.2) is 21.3 Å². The maximum Gasteiger partial charge on any atom is 0.337 e. The van der Waals surface area contributed by atoms with Crippen LogP contribution < -0.4 is 0 Å². The van der Waals surface area contributed by atoms with Crippen molar-refractivity contribution >= 4 is 17.6 Å². The molecule has 0 radical (unpaired) electrons. The zero-order chi connectivity index (χ0) is 15.4. The van der Waals surface area contributed by atoms with Gasteiger partial charge in [-0.05, 0) is 48.2 Å². The van der Waals surface area contributed by atoms with Crippen LogP contribution in [-0.2, 0) is 6.42 Å². The number of aromatic hydroxyl groups is 1. The van der Waals surface area contributed by atoms with Gasteiger partial charge in [0.25, 0.3) is 0 Å². The van der Waals surface area contributed by atoms with E-state index in [4.69, 9.17) is 16.7 Å². The molecule has 0 amide bonds. The van der Waals surface area contributed by atoms with E-state index >= 15 is 0 Å². The monoisotopic (exact) mass is 306 g/mol. The largest absolute Gasteiger partial charge is 0.508 e. The van der Waals surface area contributed by atoms with Crippen molar-refractivity contribution < 1.29 is 20.1 Å². The minimum absolute atomic E-state index is 0.0144. The number of carboxylic acid groups (broad SMARTS) is 1. The molecule has 0 aliphatic carbocycles. The van der Waals surface area contributed by atoms with E-state index in [2.05, 4.69) is 0 Å². The average molecular weight is 307 g/mol. The van der Waals surface area contributed by atoms with E-state index in [1.807, 2.05) is 6.07 Å². The summed E-state index contributed by atoms with van der Waals surface area (Å²) < 4.78 is 0. The predicted octanol–water partition coefficient (Wildman–Crippen LogP) is 3.41. The highest BCUT2D eigenvalue weighted by atomic mass is 35.5. The van der Waals surface area contributed by atoms with E-state index in [0.717, 1.165) is 5.56 Å². The van der Waals surface area contributed by atoms with Crippen molar-refractivity contribution in [2.45, 2.75) is 18.9 Å². The minimum atomic E-state index is -1.10. The van der Waals surface area contributed by atoms with Gasteiger partial charge in [-0.2, -0.15) is 0 Å². The van der Waals surface area contributed by atoms with Crippen molar-refractivity contribution in [3.63, 3.8) is 0 Å². The molecule has 110 valence electrons. The van der Waals surface area contributed by atoms with Crippen LogP contribution >= 0.6 is 11.6 Å². The van der Waals surface area contributed by atoms with Gasteiger partial charge >= 0.3 is 5.97 Å². The molecule has 3 N–H and O–H groups in total. The summed E-state index contributed by atoms with van der Waals surface area (Å²) in [6.07, 6.45) is 0.299. The second-order valence-electron chi connectivity index (χ2n) is 4.77. The molecule has 0 unspecified atom stereocenters. The number of aliphatic hydroxyl groups is 1. The molecule has 0 fully saturated rings. The lowest BCUT2D eigenvalue weighted by atomic mass is 10.00. The van der Waals surface area contributed by atoms with Gasteiger partial charge in [-0.3, -0.25) is 0 Å². The molecular weight excluding hydrogens is 292 g/mol. The van der Waals surface area contributed by atoms with Gasteiger partial charge in [0, 0.05) is 0 Å². The Kier molecular flexibility index (Phi) is 4.83. The highest BCUT2D eigenvalue weighted by Crippen LogP contribution is 2.25. The van der Waals surface area contributed by atoms with Gasteiger partial charge in [0.1, 0.15) is 5.75 Å². The first kappa shape index (κ1) is 15.4. The van der Waals surface area contributed by atoms with Crippen molar-refractivity contribution in [1.29, 1.82) is 0 Å². The number of phenolic OH excluding ortho intramolecular Hbond substituents is 1. The van der Waals surface area contributed by atoms with E-state index in [9.17, 15) is 15.0 Å². The van der Waals surface area contributed by atoms with Gasteiger partial charge in [0.15, 0.2) is 0 Å². The molecule has 0 saturated carbocycles. The van der Waals surface area contributed by atoms with Gasteiger partial charge in [-0.15, -0.1) is 0 Å². The lowest BCUT2D eigenvalue weighted by molar-refractivity contribution is 0.0697. The molecule has 0 aromatic heterocycles. The van der Waals surface area contributed by atoms with E-state index in [1.165, 1.54) is 12.1 Å². The summed E-state index contributed by atoms with van der Waals surface area (Å²) in [7, 11) is 0. The molecule has 0 bridgehead atoms. The second-order valence-corrected chi connectivity index (χ2v) is 5.18. The fourth-order valence-corrected chi connectivity index (χ4v) is 2.36. The summed E-state index contributed by atoms with van der Waals surface area (Å²) in [5, 5.41) is 28.5. The molecular formula is C16H15ClO4. The quantitative estimate of drug-likeness (QED) is 0.791. The number of halogens is 1. The van der Waals surface area contributed by atoms with Crippen molar-refractivity contribution in [3.05, 3.63) is 64.2 Å². The zero-order valence-electron chi connectivity index (χ0n) is 11.2. The van der Waals surface area contributed by atoms with Gasteiger partial charge in [0.2, 0.25) is 0 Å². The number of aliphatic hydroxyl groups excluding tert-OH is 1. The molecule has 2 rings (SSSR count). The van der Waals surface area contributed by atoms with Gasteiger partial charge in [-0.1, -0.05) is 29.8 Å². The minimum Gasteiger partial charge on any atom is -0.508 e. The maximum atomic E-state index is 10.9. The van der Waals surface area contributed by atoms with Crippen LogP contribution in [0.1, 0.15) is 34.0 Å². The topological polar surface area (TPSA) is 77.8 Å². The summed E-state index contributed by atoms with van der Waals surface area (Å²) in [5.74, 6) is -0.906. The number of aromatic carboxylic acids is 1. The molecule has 2 aromatic rings. The molecule has 0 spiro atoms. The van der Waals surface area contributed by atoms with Gasteiger partial charge in [-0.25, -0.2) is 4.79 Å². The number of hydrogen-bond donors (Lipinski definition) is 3. The van der Waals surface area contributed by atoms with Crippen molar-refractivity contribution in [3.8, 4) is 5.75 Å². The first-order valence-electron chi connectivity index (χ1n) is 6.46. The zero-order valence-corrected chi connectivity index (χ0v) is 11.9. The Morgan fingerprint density at radius 1 is 1.19 bits per heavy atom. The van der Waals surface area contributed by atoms with Crippen molar-refractivity contribution in [2.24, 2.45) is 0 Å². The smallest absolute Gasteiger partial charge is 0.337 e. The Morgan fingerprint density at radius 3 is 2.57 bits per heavy atom. The standard InChI is InChI=1S/C16H15ClO4/c17-14-9-11(5-6-13(14)16(20)21)15(19)7-4-10-2-1-3-12(18)8-10/h1-3,5-6,8-9,15,18-19H,4,7H2,(H,20,21)/t15-/m1/s1. The highest BCUT2D eigenvalue weighted by molar-refractivity contribution is 6.33. The molecule has 21 heavy (non-hydrogen) atoms. The number of rotatable bonds is 5. The normalized spacial score (nSPS) is 12.1. The lowest BCUT2D eigenvalue weighted by Gasteiger charge is -2.12. The Hall–Kier alpha value is -2.04. The predicted molar refractivity (Wildman–Crippen MR) is 79.8 cm³/mol. The van der Waals surface area contributed by atoms with Crippen LogP contribution in [0.15, 0.2) is 42.5 Å². The van der Waals surface area contributed by atoms with Gasteiger partial charge < -0.3 is 15.3 Å². The molecule has 0 saturated heterocycles. The second kappa shape index (κ2) is 6.61. The van der Waals surface area contributed by atoms with Crippen LogP contribution in [0.3, 0.4) is 0 Å².